The van der Waals surface area contributed by atoms with Gasteiger partial charge in [-0.3, -0.25) is 9.36 Å². The summed E-state index contributed by atoms with van der Waals surface area (Å²) in [6.07, 6.45) is 1.33. The number of fused-ring (bicyclic) bond motifs is 1. The number of halogens is 1. The van der Waals surface area contributed by atoms with E-state index in [9.17, 15) is 14.3 Å². The number of rotatable bonds is 2. The van der Waals surface area contributed by atoms with Crippen molar-refractivity contribution in [3.63, 3.8) is 0 Å². The lowest BCUT2D eigenvalue weighted by atomic mass is 10.2. The van der Waals surface area contributed by atoms with Gasteiger partial charge in [0.05, 0.1) is 23.3 Å². The molecule has 0 saturated carbocycles. The van der Waals surface area contributed by atoms with Crippen LogP contribution in [0.25, 0.3) is 10.9 Å². The maximum atomic E-state index is 12.5. The van der Waals surface area contributed by atoms with E-state index in [0.717, 1.165) is 0 Å². The number of phenolic OH excluding ortho intramolecular Hbond substituents is 1. The molecule has 0 aliphatic heterocycles. The number of nitrogens with zero attached hydrogens (tertiary/aromatic N) is 2. The molecule has 0 bridgehead atoms. The average molecular weight is 222 g/mol. The number of alkyl halides is 1. The molecule has 5 heteroatoms. The van der Waals surface area contributed by atoms with Crippen molar-refractivity contribution in [3.8, 4) is 5.75 Å². The van der Waals surface area contributed by atoms with Crippen LogP contribution in [0, 0.1) is 0 Å². The van der Waals surface area contributed by atoms with Gasteiger partial charge in [0.1, 0.15) is 12.4 Å². The van der Waals surface area contributed by atoms with Crippen LogP contribution in [0.1, 0.15) is 13.0 Å². The molecule has 0 aliphatic carbocycles. The summed E-state index contributed by atoms with van der Waals surface area (Å²) in [5.41, 5.74) is 0.149. The Bertz CT molecular complexity index is 580. The first-order valence-electron chi connectivity index (χ1n) is 4.89. The summed E-state index contributed by atoms with van der Waals surface area (Å²) >= 11 is 0. The molecule has 1 aromatic heterocycles. The first-order valence-corrected chi connectivity index (χ1v) is 4.89. The highest BCUT2D eigenvalue weighted by Gasteiger charge is 2.09. The third kappa shape index (κ3) is 1.64. The van der Waals surface area contributed by atoms with Crippen LogP contribution in [0.5, 0.6) is 5.75 Å². The highest BCUT2D eigenvalue weighted by molar-refractivity contribution is 5.78. The van der Waals surface area contributed by atoms with Gasteiger partial charge in [-0.15, -0.1) is 0 Å². The molecule has 4 nitrogen and oxygen atoms in total. The zero-order valence-electron chi connectivity index (χ0n) is 8.72. The van der Waals surface area contributed by atoms with Crippen LogP contribution in [-0.4, -0.2) is 21.3 Å². The fourth-order valence-electron chi connectivity index (χ4n) is 1.51. The Hall–Kier alpha value is -1.91. The van der Waals surface area contributed by atoms with E-state index >= 15 is 0 Å². The molecule has 0 unspecified atom stereocenters. The van der Waals surface area contributed by atoms with Crippen molar-refractivity contribution in [2.45, 2.75) is 13.0 Å². The SMILES string of the molecule is C[C@H](CF)n1cnc2ccc(O)cc2c1=O. The van der Waals surface area contributed by atoms with Crippen LogP contribution in [0.4, 0.5) is 4.39 Å². The lowest BCUT2D eigenvalue weighted by Gasteiger charge is -2.11. The van der Waals surface area contributed by atoms with Gasteiger partial charge in [-0.1, -0.05) is 0 Å². The van der Waals surface area contributed by atoms with Gasteiger partial charge in [-0.25, -0.2) is 9.37 Å². The molecule has 2 aromatic rings. The molecule has 1 aromatic carbocycles. The van der Waals surface area contributed by atoms with E-state index in [2.05, 4.69) is 4.98 Å². The molecular formula is C11H11FN2O2. The van der Waals surface area contributed by atoms with Gasteiger partial charge in [-0.05, 0) is 25.1 Å². The third-order valence-corrected chi connectivity index (χ3v) is 2.46. The van der Waals surface area contributed by atoms with E-state index < -0.39 is 12.7 Å². The van der Waals surface area contributed by atoms with E-state index in [-0.39, 0.29) is 11.3 Å². The Balaban J connectivity index is 2.73. The number of hydrogen-bond donors (Lipinski definition) is 1. The van der Waals surface area contributed by atoms with Crippen molar-refractivity contribution in [2.75, 3.05) is 6.67 Å². The van der Waals surface area contributed by atoms with Crippen molar-refractivity contribution >= 4 is 10.9 Å². The largest absolute Gasteiger partial charge is 0.508 e. The van der Waals surface area contributed by atoms with Crippen molar-refractivity contribution in [1.29, 1.82) is 0 Å². The minimum absolute atomic E-state index is 0.00273. The molecular weight excluding hydrogens is 211 g/mol. The van der Waals surface area contributed by atoms with E-state index in [0.29, 0.717) is 10.9 Å². The minimum atomic E-state index is -0.633. The van der Waals surface area contributed by atoms with E-state index in [1.165, 1.54) is 23.0 Å². The molecule has 0 aliphatic rings. The van der Waals surface area contributed by atoms with Crippen molar-refractivity contribution < 1.29 is 9.50 Å². The average Bonchev–Trinajstić information content (AvgIpc) is 2.29. The summed E-state index contributed by atoms with van der Waals surface area (Å²) in [7, 11) is 0. The molecule has 0 spiro atoms. The zero-order valence-corrected chi connectivity index (χ0v) is 8.72. The Morgan fingerprint density at radius 2 is 2.31 bits per heavy atom. The molecule has 0 fully saturated rings. The second-order valence-corrected chi connectivity index (χ2v) is 3.66. The molecule has 0 radical (unpaired) electrons. The Labute approximate surface area is 91.0 Å². The van der Waals surface area contributed by atoms with E-state index in [1.807, 2.05) is 0 Å². The second-order valence-electron chi connectivity index (χ2n) is 3.66. The molecule has 0 saturated heterocycles. The predicted molar refractivity (Wildman–Crippen MR) is 58.4 cm³/mol. The van der Waals surface area contributed by atoms with Gasteiger partial charge >= 0.3 is 0 Å². The zero-order chi connectivity index (χ0) is 11.7. The summed E-state index contributed by atoms with van der Waals surface area (Å²) < 4.78 is 13.7. The number of aromatic nitrogens is 2. The molecule has 2 rings (SSSR count). The summed E-state index contributed by atoms with van der Waals surface area (Å²) in [6, 6.07) is 3.80. The van der Waals surface area contributed by atoms with Gasteiger partial charge in [0.2, 0.25) is 0 Å². The topological polar surface area (TPSA) is 55.1 Å². The first kappa shape index (κ1) is 10.6. The summed E-state index contributed by atoms with van der Waals surface area (Å²) in [6.45, 7) is 0.962. The molecule has 1 N–H and O–H groups in total. The molecule has 1 atom stereocenters. The van der Waals surface area contributed by atoms with E-state index in [4.69, 9.17) is 0 Å². The maximum absolute atomic E-state index is 12.5. The molecule has 0 amide bonds. The highest BCUT2D eigenvalue weighted by Crippen LogP contribution is 2.15. The van der Waals surface area contributed by atoms with Gasteiger partial charge in [0.15, 0.2) is 0 Å². The summed E-state index contributed by atoms with van der Waals surface area (Å²) in [5, 5.41) is 9.59. The minimum Gasteiger partial charge on any atom is -0.508 e. The Morgan fingerprint density at radius 1 is 1.56 bits per heavy atom. The monoisotopic (exact) mass is 222 g/mol. The maximum Gasteiger partial charge on any atom is 0.261 e. The highest BCUT2D eigenvalue weighted by atomic mass is 19.1. The fourth-order valence-corrected chi connectivity index (χ4v) is 1.51. The molecule has 1 heterocycles. The smallest absolute Gasteiger partial charge is 0.261 e. The lowest BCUT2D eigenvalue weighted by Crippen LogP contribution is -2.24. The van der Waals surface area contributed by atoms with Crippen LogP contribution in [0.15, 0.2) is 29.3 Å². The lowest BCUT2D eigenvalue weighted by molar-refractivity contribution is 0.370. The molecule has 16 heavy (non-hydrogen) atoms. The van der Waals surface area contributed by atoms with Crippen molar-refractivity contribution in [1.82, 2.24) is 9.55 Å². The van der Waals surface area contributed by atoms with Crippen LogP contribution >= 0.6 is 0 Å². The standard InChI is InChI=1S/C11H11FN2O2/c1-7(5-12)14-6-13-10-3-2-8(15)4-9(10)11(14)16/h2-4,6-7,15H,5H2,1H3/t7-/m1/s1. The van der Waals surface area contributed by atoms with Crippen molar-refractivity contribution in [2.24, 2.45) is 0 Å². The van der Waals surface area contributed by atoms with E-state index in [1.54, 1.807) is 13.0 Å². The van der Waals surface area contributed by atoms with Gasteiger partial charge in [0, 0.05) is 0 Å². The summed E-state index contributed by atoms with van der Waals surface area (Å²) in [4.78, 5) is 16.0. The number of benzene rings is 1. The normalized spacial score (nSPS) is 12.9. The first-order chi connectivity index (χ1) is 7.63. The second kappa shape index (κ2) is 3.92. The fraction of sp³-hybridized carbons (Fsp3) is 0.273. The number of aromatic hydroxyl groups is 1. The molecule has 84 valence electrons. The van der Waals surface area contributed by atoms with Crippen LogP contribution in [-0.2, 0) is 0 Å². The third-order valence-electron chi connectivity index (χ3n) is 2.46. The van der Waals surface area contributed by atoms with Crippen LogP contribution in [0.2, 0.25) is 0 Å². The summed E-state index contributed by atoms with van der Waals surface area (Å²) in [5.74, 6) is -0.00273. The Morgan fingerprint density at radius 3 is 3.00 bits per heavy atom. The van der Waals surface area contributed by atoms with Gasteiger partial charge in [-0.2, -0.15) is 0 Å². The van der Waals surface area contributed by atoms with Crippen LogP contribution in [0.3, 0.4) is 0 Å². The quantitative estimate of drug-likeness (QED) is 0.840. The van der Waals surface area contributed by atoms with Crippen LogP contribution < -0.4 is 5.56 Å². The predicted octanol–water partition coefficient (Wildman–Crippen LogP) is 1.63. The van der Waals surface area contributed by atoms with Crippen molar-refractivity contribution in [3.05, 3.63) is 34.9 Å². The van der Waals surface area contributed by atoms with Gasteiger partial charge in [0.25, 0.3) is 5.56 Å². The number of phenols is 1. The Kier molecular flexibility index (Phi) is 2.60. The van der Waals surface area contributed by atoms with Gasteiger partial charge < -0.3 is 5.11 Å². The number of hydrogen-bond acceptors (Lipinski definition) is 3.